The van der Waals surface area contributed by atoms with Crippen molar-refractivity contribution < 1.29 is 13.6 Å². The number of rotatable bonds is 5. The molecule has 0 bridgehead atoms. The highest BCUT2D eigenvalue weighted by Gasteiger charge is 2.19. The number of halogens is 2. The SMILES string of the molecule is CC(CC1CCCN1)Nc1cc(C(N)=O)c(F)cc1F. The van der Waals surface area contributed by atoms with Gasteiger partial charge in [0.15, 0.2) is 0 Å². The molecule has 2 atom stereocenters. The lowest BCUT2D eigenvalue weighted by Gasteiger charge is -2.20. The number of primary amides is 1. The number of carbonyl (C=O) groups is 1. The topological polar surface area (TPSA) is 67.2 Å². The van der Waals surface area contributed by atoms with Gasteiger partial charge in [0.1, 0.15) is 11.6 Å². The second-order valence-corrected chi connectivity index (χ2v) is 5.25. The Bertz CT molecular complexity index is 501. The van der Waals surface area contributed by atoms with Gasteiger partial charge in [-0.15, -0.1) is 0 Å². The molecule has 1 amide bonds. The summed E-state index contributed by atoms with van der Waals surface area (Å²) in [5.41, 5.74) is 4.85. The molecule has 0 radical (unpaired) electrons. The van der Waals surface area contributed by atoms with Gasteiger partial charge in [-0.25, -0.2) is 8.78 Å². The predicted octanol–water partition coefficient (Wildman–Crippen LogP) is 2.01. The van der Waals surface area contributed by atoms with Crippen LogP contribution in [0.5, 0.6) is 0 Å². The smallest absolute Gasteiger partial charge is 0.251 e. The standard InChI is InChI=1S/C14H19F2N3O/c1-8(5-9-3-2-4-18-9)19-13-6-10(14(17)20)11(15)7-12(13)16/h6-9,18-19H,2-5H2,1H3,(H2,17,20). The normalized spacial score (nSPS) is 19.9. The van der Waals surface area contributed by atoms with Gasteiger partial charge in [0.2, 0.25) is 0 Å². The Kier molecular flexibility index (Phi) is 4.54. The molecule has 1 aromatic rings. The third-order valence-corrected chi connectivity index (χ3v) is 3.52. The van der Waals surface area contributed by atoms with Crippen molar-refractivity contribution in [2.24, 2.45) is 5.73 Å². The second kappa shape index (κ2) is 6.17. The van der Waals surface area contributed by atoms with Crippen LogP contribution in [0.25, 0.3) is 0 Å². The first-order chi connectivity index (χ1) is 9.47. The molecule has 6 heteroatoms. The number of nitrogens with one attached hydrogen (secondary N) is 2. The van der Waals surface area contributed by atoms with E-state index in [1.54, 1.807) is 0 Å². The largest absolute Gasteiger partial charge is 0.380 e. The molecule has 1 saturated heterocycles. The zero-order valence-electron chi connectivity index (χ0n) is 11.4. The number of nitrogens with two attached hydrogens (primary N) is 1. The summed E-state index contributed by atoms with van der Waals surface area (Å²) in [6.07, 6.45) is 3.08. The van der Waals surface area contributed by atoms with Crippen molar-refractivity contribution in [2.45, 2.75) is 38.3 Å². The van der Waals surface area contributed by atoms with Gasteiger partial charge >= 0.3 is 0 Å². The molecule has 0 aromatic heterocycles. The van der Waals surface area contributed by atoms with Crippen molar-refractivity contribution in [1.82, 2.24) is 5.32 Å². The van der Waals surface area contributed by atoms with E-state index in [0.717, 1.165) is 31.9 Å². The van der Waals surface area contributed by atoms with Gasteiger partial charge in [0.25, 0.3) is 5.91 Å². The molecule has 1 aromatic carbocycles. The van der Waals surface area contributed by atoms with Gasteiger partial charge in [-0.2, -0.15) is 0 Å². The number of amides is 1. The van der Waals surface area contributed by atoms with Crippen molar-refractivity contribution in [3.63, 3.8) is 0 Å². The lowest BCUT2D eigenvalue weighted by atomic mass is 10.1. The summed E-state index contributed by atoms with van der Waals surface area (Å²) in [6, 6.07) is 2.23. The maximum Gasteiger partial charge on any atom is 0.251 e. The molecule has 0 saturated carbocycles. The Morgan fingerprint density at radius 3 is 2.85 bits per heavy atom. The van der Waals surface area contributed by atoms with E-state index in [-0.39, 0.29) is 17.3 Å². The molecule has 0 spiro atoms. The molecular weight excluding hydrogens is 264 g/mol. The minimum Gasteiger partial charge on any atom is -0.380 e. The van der Waals surface area contributed by atoms with Crippen LogP contribution < -0.4 is 16.4 Å². The molecule has 1 aliphatic heterocycles. The zero-order valence-corrected chi connectivity index (χ0v) is 11.4. The molecule has 2 unspecified atom stereocenters. The molecule has 2 rings (SSSR count). The fourth-order valence-electron chi connectivity index (χ4n) is 2.56. The van der Waals surface area contributed by atoms with E-state index in [0.29, 0.717) is 12.1 Å². The quantitative estimate of drug-likeness (QED) is 0.774. The van der Waals surface area contributed by atoms with Crippen molar-refractivity contribution in [3.05, 3.63) is 29.3 Å². The average molecular weight is 283 g/mol. The van der Waals surface area contributed by atoms with Crippen LogP contribution in [0.2, 0.25) is 0 Å². The lowest BCUT2D eigenvalue weighted by Crippen LogP contribution is -2.29. The number of benzene rings is 1. The third kappa shape index (κ3) is 3.45. The zero-order chi connectivity index (χ0) is 14.7. The highest BCUT2D eigenvalue weighted by molar-refractivity contribution is 5.94. The Hall–Kier alpha value is -1.69. The molecular formula is C14H19F2N3O. The summed E-state index contributed by atoms with van der Waals surface area (Å²) in [6.45, 7) is 2.93. The van der Waals surface area contributed by atoms with E-state index in [4.69, 9.17) is 5.73 Å². The van der Waals surface area contributed by atoms with E-state index in [1.165, 1.54) is 0 Å². The van der Waals surface area contributed by atoms with Crippen LogP contribution in [0.3, 0.4) is 0 Å². The van der Waals surface area contributed by atoms with Gasteiger partial charge in [0, 0.05) is 18.2 Å². The Balaban J connectivity index is 2.07. The van der Waals surface area contributed by atoms with E-state index in [1.807, 2.05) is 6.92 Å². The minimum atomic E-state index is -0.939. The van der Waals surface area contributed by atoms with Crippen LogP contribution in [-0.4, -0.2) is 24.5 Å². The molecule has 1 fully saturated rings. The van der Waals surface area contributed by atoms with Gasteiger partial charge in [-0.1, -0.05) is 0 Å². The van der Waals surface area contributed by atoms with Crippen molar-refractivity contribution >= 4 is 11.6 Å². The van der Waals surface area contributed by atoms with E-state index in [9.17, 15) is 13.6 Å². The van der Waals surface area contributed by atoms with Crippen molar-refractivity contribution in [3.8, 4) is 0 Å². The Morgan fingerprint density at radius 2 is 2.25 bits per heavy atom. The molecule has 0 aliphatic carbocycles. The van der Waals surface area contributed by atoms with E-state index in [2.05, 4.69) is 10.6 Å². The first-order valence-electron chi connectivity index (χ1n) is 6.76. The summed E-state index contributed by atoms with van der Waals surface area (Å²) >= 11 is 0. The predicted molar refractivity (Wildman–Crippen MR) is 73.6 cm³/mol. The monoisotopic (exact) mass is 283 g/mol. The molecule has 4 N–H and O–H groups in total. The van der Waals surface area contributed by atoms with Gasteiger partial charge in [-0.3, -0.25) is 4.79 Å². The highest BCUT2D eigenvalue weighted by atomic mass is 19.1. The van der Waals surface area contributed by atoms with Gasteiger partial charge in [-0.05, 0) is 38.8 Å². The van der Waals surface area contributed by atoms with Crippen molar-refractivity contribution in [2.75, 3.05) is 11.9 Å². The maximum absolute atomic E-state index is 13.7. The molecule has 1 aliphatic rings. The number of carbonyl (C=O) groups excluding carboxylic acids is 1. The summed E-state index contributed by atoms with van der Waals surface area (Å²) < 4.78 is 27.1. The van der Waals surface area contributed by atoms with E-state index >= 15 is 0 Å². The maximum atomic E-state index is 13.7. The summed E-state index contributed by atoms with van der Waals surface area (Å²) in [5, 5.41) is 6.33. The average Bonchev–Trinajstić information content (AvgIpc) is 2.84. The van der Waals surface area contributed by atoms with Gasteiger partial charge < -0.3 is 16.4 Å². The number of hydrogen-bond donors (Lipinski definition) is 3. The first-order valence-corrected chi connectivity index (χ1v) is 6.76. The first kappa shape index (κ1) is 14.7. The number of hydrogen-bond acceptors (Lipinski definition) is 3. The van der Waals surface area contributed by atoms with Crippen molar-refractivity contribution in [1.29, 1.82) is 0 Å². The Morgan fingerprint density at radius 1 is 1.50 bits per heavy atom. The summed E-state index contributed by atoms with van der Waals surface area (Å²) in [7, 11) is 0. The van der Waals surface area contributed by atoms with Gasteiger partial charge in [0.05, 0.1) is 11.3 Å². The molecule has 20 heavy (non-hydrogen) atoms. The molecule has 1 heterocycles. The van der Waals surface area contributed by atoms with Crippen LogP contribution in [-0.2, 0) is 0 Å². The fourth-order valence-corrected chi connectivity index (χ4v) is 2.56. The number of anilines is 1. The van der Waals surface area contributed by atoms with Crippen LogP contribution >= 0.6 is 0 Å². The second-order valence-electron chi connectivity index (χ2n) is 5.25. The van der Waals surface area contributed by atoms with Crippen LogP contribution in [0, 0.1) is 11.6 Å². The lowest BCUT2D eigenvalue weighted by molar-refractivity contribution is 0.0996. The fraction of sp³-hybridized carbons (Fsp3) is 0.500. The highest BCUT2D eigenvalue weighted by Crippen LogP contribution is 2.21. The van der Waals surface area contributed by atoms with E-state index < -0.39 is 17.5 Å². The summed E-state index contributed by atoms with van der Waals surface area (Å²) in [4.78, 5) is 11.1. The third-order valence-electron chi connectivity index (χ3n) is 3.52. The Labute approximate surface area is 116 Å². The molecule has 110 valence electrons. The van der Waals surface area contributed by atoms with Crippen LogP contribution in [0.4, 0.5) is 14.5 Å². The van der Waals surface area contributed by atoms with Crippen LogP contribution in [0.15, 0.2) is 12.1 Å². The minimum absolute atomic E-state index is 0.00582. The molecule has 4 nitrogen and oxygen atoms in total. The summed E-state index contributed by atoms with van der Waals surface area (Å²) in [5.74, 6) is -2.57. The van der Waals surface area contributed by atoms with Crippen LogP contribution in [0.1, 0.15) is 36.5 Å².